The van der Waals surface area contributed by atoms with Crippen LogP contribution >= 0.6 is 0 Å². The van der Waals surface area contributed by atoms with Gasteiger partial charge < -0.3 is 28.4 Å². The molecule has 0 saturated carbocycles. The Morgan fingerprint density at radius 1 is 0.933 bits per heavy atom. The maximum absolute atomic E-state index is 6.46. The Labute approximate surface area is 175 Å². The molecule has 3 heterocycles. The molecule has 0 fully saturated rings. The summed E-state index contributed by atoms with van der Waals surface area (Å²) in [6.07, 6.45) is 3.78. The molecule has 2 aromatic rings. The van der Waals surface area contributed by atoms with Crippen molar-refractivity contribution in [1.82, 2.24) is 0 Å². The van der Waals surface area contributed by atoms with E-state index in [0.29, 0.717) is 23.9 Å². The average Bonchev–Trinajstić information content (AvgIpc) is 2.75. The molecule has 30 heavy (non-hydrogen) atoms. The van der Waals surface area contributed by atoms with Crippen LogP contribution in [0.1, 0.15) is 30.5 Å². The molecule has 6 heteroatoms. The number of benzene rings is 2. The predicted molar refractivity (Wildman–Crippen MR) is 113 cm³/mol. The molecule has 6 nitrogen and oxygen atoms in total. The van der Waals surface area contributed by atoms with Crippen molar-refractivity contribution in [2.75, 3.05) is 27.9 Å². The van der Waals surface area contributed by atoms with Crippen LogP contribution in [0.25, 0.3) is 17.4 Å². The number of ether oxygens (including phenoxy) is 6. The third kappa shape index (κ3) is 2.70. The van der Waals surface area contributed by atoms with E-state index in [-0.39, 0.29) is 11.7 Å². The summed E-state index contributed by atoms with van der Waals surface area (Å²) in [5.41, 5.74) is 3.26. The van der Waals surface area contributed by atoms with Gasteiger partial charge in [-0.15, -0.1) is 0 Å². The van der Waals surface area contributed by atoms with Gasteiger partial charge in [0, 0.05) is 17.2 Å². The predicted octanol–water partition coefficient (Wildman–Crippen LogP) is 4.56. The summed E-state index contributed by atoms with van der Waals surface area (Å²) in [6, 6.07) is 7.71. The molecule has 2 aromatic carbocycles. The van der Waals surface area contributed by atoms with Crippen molar-refractivity contribution in [3.05, 3.63) is 47.0 Å². The Bertz CT molecular complexity index is 1100. The quantitative estimate of drug-likeness (QED) is 0.742. The Hall–Kier alpha value is -3.28. The van der Waals surface area contributed by atoms with E-state index in [1.165, 1.54) is 0 Å². The van der Waals surface area contributed by atoms with Gasteiger partial charge in [-0.3, -0.25) is 0 Å². The zero-order valence-corrected chi connectivity index (χ0v) is 17.7. The van der Waals surface area contributed by atoms with Crippen molar-refractivity contribution in [3.8, 4) is 28.7 Å². The van der Waals surface area contributed by atoms with E-state index >= 15 is 0 Å². The summed E-state index contributed by atoms with van der Waals surface area (Å²) in [5.74, 6) is 4.26. The molecule has 0 N–H and O–H groups in total. The molecule has 1 atom stereocenters. The van der Waals surface area contributed by atoms with Crippen LogP contribution in [0.3, 0.4) is 0 Å². The van der Waals surface area contributed by atoms with E-state index < -0.39 is 0 Å². The topological polar surface area (TPSA) is 55.4 Å². The summed E-state index contributed by atoms with van der Waals surface area (Å²) in [7, 11) is 4.90. The zero-order valence-electron chi connectivity index (χ0n) is 17.7. The first-order valence-electron chi connectivity index (χ1n) is 9.85. The van der Waals surface area contributed by atoms with Crippen LogP contribution in [-0.4, -0.2) is 39.6 Å². The molecule has 0 amide bonds. The minimum absolute atomic E-state index is 0.312. The molecule has 1 unspecified atom stereocenters. The normalized spacial score (nSPS) is 19.8. The minimum atomic E-state index is -0.358. The van der Waals surface area contributed by atoms with Gasteiger partial charge in [-0.05, 0) is 44.2 Å². The lowest BCUT2D eigenvalue weighted by molar-refractivity contribution is 0.145. The molecular weight excluding hydrogens is 384 g/mol. The lowest BCUT2D eigenvalue weighted by Gasteiger charge is -2.37. The Morgan fingerprint density at radius 2 is 1.70 bits per heavy atom. The van der Waals surface area contributed by atoms with Gasteiger partial charge in [0.1, 0.15) is 35.2 Å². The summed E-state index contributed by atoms with van der Waals surface area (Å²) in [5, 5.41) is 0. The highest BCUT2D eigenvalue weighted by atomic mass is 16.5. The van der Waals surface area contributed by atoms with Crippen LogP contribution in [0.2, 0.25) is 0 Å². The molecule has 3 aliphatic heterocycles. The number of hydrogen-bond acceptors (Lipinski definition) is 6. The second kappa shape index (κ2) is 6.62. The highest BCUT2D eigenvalue weighted by Gasteiger charge is 2.39. The van der Waals surface area contributed by atoms with Gasteiger partial charge in [0.25, 0.3) is 0 Å². The lowest BCUT2D eigenvalue weighted by atomic mass is 9.89. The third-order valence-corrected chi connectivity index (χ3v) is 5.62. The number of fused-ring (bicyclic) bond motifs is 6. The van der Waals surface area contributed by atoms with Crippen LogP contribution in [0, 0.1) is 0 Å². The molecule has 0 spiro atoms. The molecule has 5 rings (SSSR count). The van der Waals surface area contributed by atoms with Gasteiger partial charge in [0.2, 0.25) is 0 Å². The molecule has 0 aromatic heterocycles. The molecule has 0 radical (unpaired) electrons. The fourth-order valence-electron chi connectivity index (χ4n) is 4.22. The van der Waals surface area contributed by atoms with Crippen molar-refractivity contribution >= 4 is 17.4 Å². The van der Waals surface area contributed by atoms with Gasteiger partial charge >= 0.3 is 0 Å². The van der Waals surface area contributed by atoms with Gasteiger partial charge in [-0.1, -0.05) is 0 Å². The summed E-state index contributed by atoms with van der Waals surface area (Å²) in [4.78, 5) is 0. The Morgan fingerprint density at radius 3 is 2.43 bits per heavy atom. The number of hydrogen-bond donors (Lipinski definition) is 0. The third-order valence-electron chi connectivity index (χ3n) is 5.62. The minimum Gasteiger partial charge on any atom is -0.496 e. The molecule has 0 saturated heterocycles. The van der Waals surface area contributed by atoms with Crippen molar-refractivity contribution in [2.24, 2.45) is 0 Å². The first-order valence-corrected chi connectivity index (χ1v) is 9.85. The van der Waals surface area contributed by atoms with Crippen LogP contribution in [0.4, 0.5) is 0 Å². The summed E-state index contributed by atoms with van der Waals surface area (Å²) in [6.45, 7) is 4.42. The second-order valence-corrected chi connectivity index (χ2v) is 7.96. The number of rotatable bonds is 3. The van der Waals surface area contributed by atoms with Crippen LogP contribution < -0.4 is 23.7 Å². The molecule has 3 aliphatic rings. The Balaban J connectivity index is 1.72. The number of methoxy groups -OCH3 is 3. The van der Waals surface area contributed by atoms with Gasteiger partial charge in [0.05, 0.1) is 32.5 Å². The smallest absolute Gasteiger partial charge is 0.164 e. The van der Waals surface area contributed by atoms with Crippen molar-refractivity contribution in [2.45, 2.75) is 25.6 Å². The van der Waals surface area contributed by atoms with E-state index in [1.807, 2.05) is 44.2 Å². The highest BCUT2D eigenvalue weighted by molar-refractivity contribution is 5.97. The largest absolute Gasteiger partial charge is 0.496 e. The maximum atomic E-state index is 6.46. The van der Waals surface area contributed by atoms with Crippen LogP contribution in [0.15, 0.2) is 30.3 Å². The molecule has 0 bridgehead atoms. The molecular formula is C24H24O6. The average molecular weight is 408 g/mol. The summed E-state index contributed by atoms with van der Waals surface area (Å²) < 4.78 is 35.4. The molecule has 156 valence electrons. The van der Waals surface area contributed by atoms with Gasteiger partial charge in [-0.2, -0.15) is 0 Å². The standard InChI is InChI=1S/C24H24O6/c1-24(2)9-8-13-16(30-24)7-6-14-22(13)29-20-12-28-17-11-19(26-4)18(25-3)10-15(17)21(20)23(14)27-5/h6-11,20H,12H2,1-5H3. The van der Waals surface area contributed by atoms with E-state index in [0.717, 1.165) is 39.5 Å². The zero-order chi connectivity index (χ0) is 21.0. The van der Waals surface area contributed by atoms with Crippen molar-refractivity contribution in [3.63, 3.8) is 0 Å². The van der Waals surface area contributed by atoms with E-state index in [4.69, 9.17) is 28.4 Å². The van der Waals surface area contributed by atoms with Crippen LogP contribution in [0.5, 0.6) is 28.7 Å². The van der Waals surface area contributed by atoms with E-state index in [2.05, 4.69) is 6.08 Å². The lowest BCUT2D eigenvalue weighted by Crippen LogP contribution is -2.35. The van der Waals surface area contributed by atoms with Crippen LogP contribution in [-0.2, 0) is 4.74 Å². The van der Waals surface area contributed by atoms with Gasteiger partial charge in [-0.25, -0.2) is 0 Å². The van der Waals surface area contributed by atoms with Gasteiger partial charge in [0.15, 0.2) is 17.6 Å². The molecule has 0 aliphatic carbocycles. The first kappa shape index (κ1) is 18.7. The van der Waals surface area contributed by atoms with E-state index in [9.17, 15) is 0 Å². The highest BCUT2D eigenvalue weighted by Crippen LogP contribution is 2.51. The monoisotopic (exact) mass is 408 g/mol. The Kier molecular flexibility index (Phi) is 4.13. The first-order chi connectivity index (χ1) is 14.5. The van der Waals surface area contributed by atoms with Crippen molar-refractivity contribution in [1.29, 1.82) is 0 Å². The van der Waals surface area contributed by atoms with Crippen molar-refractivity contribution < 1.29 is 28.4 Å². The second-order valence-electron chi connectivity index (χ2n) is 7.96. The SMILES string of the molecule is COC1=C2c3cc(OC)c(OC)cc3OCC2Oc2c1ccc1c2C=CC(C)(C)O1. The fourth-order valence-corrected chi connectivity index (χ4v) is 4.22. The fraction of sp³-hybridized carbons (Fsp3) is 0.333. The summed E-state index contributed by atoms with van der Waals surface area (Å²) >= 11 is 0. The van der Waals surface area contributed by atoms with E-state index in [1.54, 1.807) is 21.3 Å². The maximum Gasteiger partial charge on any atom is 0.164 e.